The molecule has 0 aliphatic carbocycles. The van der Waals surface area contributed by atoms with E-state index in [-0.39, 0.29) is 4.64 Å². The molecule has 1 aromatic heterocycles. The molecule has 0 spiro atoms. The van der Waals surface area contributed by atoms with Crippen LogP contribution in [0.25, 0.3) is 0 Å². The number of hydrogen-bond acceptors (Lipinski definition) is 1. The number of hydrogen-bond donors (Lipinski definition) is 1. The van der Waals surface area contributed by atoms with E-state index in [4.69, 9.17) is 12.2 Å². The van der Waals surface area contributed by atoms with E-state index in [0.717, 1.165) is 24.5 Å². The SMILES string of the molecule is FC(F)(F)c1cc(=S)n(CCCc2ccccc2)[nH]1. The topological polar surface area (TPSA) is 20.7 Å². The molecule has 0 unspecified atom stereocenters. The van der Waals surface area contributed by atoms with Crippen molar-refractivity contribution in [2.75, 3.05) is 0 Å². The van der Waals surface area contributed by atoms with Gasteiger partial charge in [-0.3, -0.25) is 9.78 Å². The molecule has 0 saturated carbocycles. The maximum atomic E-state index is 12.5. The second-order valence-electron chi connectivity index (χ2n) is 4.25. The minimum atomic E-state index is -4.38. The van der Waals surface area contributed by atoms with Gasteiger partial charge in [0.25, 0.3) is 0 Å². The van der Waals surface area contributed by atoms with Crippen molar-refractivity contribution < 1.29 is 13.2 Å². The smallest absolute Gasteiger partial charge is 0.293 e. The highest BCUT2D eigenvalue weighted by Gasteiger charge is 2.32. The Morgan fingerprint density at radius 3 is 2.42 bits per heavy atom. The molecule has 102 valence electrons. The molecular formula is C13H13F3N2S. The molecule has 2 nitrogen and oxygen atoms in total. The fourth-order valence-electron chi connectivity index (χ4n) is 1.83. The monoisotopic (exact) mass is 286 g/mol. The second kappa shape index (κ2) is 5.61. The molecule has 1 heterocycles. The van der Waals surface area contributed by atoms with E-state index in [2.05, 4.69) is 5.10 Å². The van der Waals surface area contributed by atoms with Gasteiger partial charge in [-0.25, -0.2) is 0 Å². The third kappa shape index (κ3) is 3.70. The Labute approximate surface area is 113 Å². The molecule has 19 heavy (non-hydrogen) atoms. The van der Waals surface area contributed by atoms with Crippen molar-refractivity contribution >= 4 is 12.2 Å². The lowest BCUT2D eigenvalue weighted by Crippen LogP contribution is -2.08. The molecular weight excluding hydrogens is 273 g/mol. The summed E-state index contributed by atoms with van der Waals surface area (Å²) in [5.74, 6) is 0. The normalized spacial score (nSPS) is 11.7. The standard InChI is InChI=1S/C13H13F3N2S/c14-13(15,16)11-9-12(19)18(17-11)8-4-7-10-5-2-1-3-6-10/h1-3,5-6,9,17H,4,7-8H2. The first-order valence-electron chi connectivity index (χ1n) is 5.88. The molecule has 6 heteroatoms. The van der Waals surface area contributed by atoms with Gasteiger partial charge in [0.05, 0.1) is 0 Å². The first-order chi connectivity index (χ1) is 8.97. The highest BCUT2D eigenvalue weighted by Crippen LogP contribution is 2.27. The maximum Gasteiger partial charge on any atom is 0.432 e. The first-order valence-corrected chi connectivity index (χ1v) is 6.28. The summed E-state index contributed by atoms with van der Waals surface area (Å²) in [7, 11) is 0. The summed E-state index contributed by atoms with van der Waals surface area (Å²) in [6.45, 7) is 0.448. The molecule has 1 aromatic carbocycles. The van der Waals surface area contributed by atoms with Gasteiger partial charge in [0.2, 0.25) is 0 Å². The van der Waals surface area contributed by atoms with Crippen molar-refractivity contribution in [3.8, 4) is 0 Å². The van der Waals surface area contributed by atoms with Crippen LogP contribution in [0.2, 0.25) is 0 Å². The van der Waals surface area contributed by atoms with Gasteiger partial charge < -0.3 is 0 Å². The van der Waals surface area contributed by atoms with Crippen LogP contribution in [-0.4, -0.2) is 9.78 Å². The van der Waals surface area contributed by atoms with Crippen molar-refractivity contribution in [2.45, 2.75) is 25.6 Å². The summed E-state index contributed by atoms with van der Waals surface area (Å²) in [6, 6.07) is 10.8. The average molecular weight is 286 g/mol. The fourth-order valence-corrected chi connectivity index (χ4v) is 2.09. The van der Waals surface area contributed by atoms with E-state index in [1.165, 1.54) is 4.68 Å². The van der Waals surface area contributed by atoms with Crippen molar-refractivity contribution in [1.29, 1.82) is 0 Å². The van der Waals surface area contributed by atoms with E-state index >= 15 is 0 Å². The van der Waals surface area contributed by atoms with E-state index < -0.39 is 11.9 Å². The van der Waals surface area contributed by atoms with E-state index in [1.807, 2.05) is 30.3 Å². The Hall–Kier alpha value is -1.56. The molecule has 0 radical (unpaired) electrons. The second-order valence-corrected chi connectivity index (χ2v) is 4.66. The van der Waals surface area contributed by atoms with E-state index in [0.29, 0.717) is 6.54 Å². The van der Waals surface area contributed by atoms with Crippen LogP contribution in [-0.2, 0) is 19.1 Å². The number of alkyl halides is 3. The highest BCUT2D eigenvalue weighted by atomic mass is 32.1. The Kier molecular flexibility index (Phi) is 4.09. The Balaban J connectivity index is 1.97. The summed E-state index contributed by atoms with van der Waals surface area (Å²) in [5, 5.41) is 2.30. The van der Waals surface area contributed by atoms with Crippen LogP contribution >= 0.6 is 12.2 Å². The molecule has 2 aromatic rings. The summed E-state index contributed by atoms with van der Waals surface area (Å²) >= 11 is 4.90. The third-order valence-corrected chi connectivity index (χ3v) is 3.12. The Morgan fingerprint density at radius 1 is 1.16 bits per heavy atom. The minimum absolute atomic E-state index is 0.181. The first kappa shape index (κ1) is 13.9. The van der Waals surface area contributed by atoms with Gasteiger partial charge in [0, 0.05) is 12.6 Å². The maximum absolute atomic E-state index is 12.5. The van der Waals surface area contributed by atoms with Gasteiger partial charge in [-0.1, -0.05) is 42.5 Å². The zero-order chi connectivity index (χ0) is 13.9. The summed E-state index contributed by atoms with van der Waals surface area (Å²) < 4.78 is 39.0. The highest BCUT2D eigenvalue weighted by molar-refractivity contribution is 7.71. The predicted octanol–water partition coefficient (Wildman–Crippen LogP) is 4.20. The van der Waals surface area contributed by atoms with Crippen molar-refractivity contribution in [1.82, 2.24) is 9.78 Å². The van der Waals surface area contributed by atoms with Crippen LogP contribution in [0.3, 0.4) is 0 Å². The van der Waals surface area contributed by atoms with E-state index in [1.54, 1.807) is 0 Å². The molecule has 0 bridgehead atoms. The third-order valence-electron chi connectivity index (χ3n) is 2.78. The minimum Gasteiger partial charge on any atom is -0.293 e. The summed E-state index contributed by atoms with van der Waals surface area (Å²) in [5.41, 5.74) is 0.369. The van der Waals surface area contributed by atoms with Crippen molar-refractivity contribution in [3.63, 3.8) is 0 Å². The number of H-pyrrole nitrogens is 1. The molecule has 2 rings (SSSR count). The molecule has 0 fully saturated rings. The average Bonchev–Trinajstić information content (AvgIpc) is 2.72. The van der Waals surface area contributed by atoms with Crippen LogP contribution in [0.5, 0.6) is 0 Å². The largest absolute Gasteiger partial charge is 0.432 e. The predicted molar refractivity (Wildman–Crippen MR) is 69.4 cm³/mol. The number of nitrogens with one attached hydrogen (secondary N) is 1. The number of aryl methyl sites for hydroxylation is 2. The number of halogens is 3. The Morgan fingerprint density at radius 2 is 1.84 bits per heavy atom. The quantitative estimate of drug-likeness (QED) is 0.835. The van der Waals surface area contributed by atoms with Crippen LogP contribution in [0, 0.1) is 4.64 Å². The van der Waals surface area contributed by atoms with Crippen LogP contribution in [0.1, 0.15) is 17.7 Å². The van der Waals surface area contributed by atoms with Crippen molar-refractivity contribution in [3.05, 3.63) is 52.3 Å². The number of benzene rings is 1. The molecule has 0 amide bonds. The Bertz CT molecular complexity index is 584. The fraction of sp³-hybridized carbons (Fsp3) is 0.308. The van der Waals surface area contributed by atoms with E-state index in [9.17, 15) is 13.2 Å². The number of nitrogens with zero attached hydrogens (tertiary/aromatic N) is 1. The van der Waals surface area contributed by atoms with Gasteiger partial charge in [0.1, 0.15) is 10.3 Å². The lowest BCUT2D eigenvalue weighted by molar-refractivity contribution is -0.141. The lowest BCUT2D eigenvalue weighted by atomic mass is 10.1. The van der Waals surface area contributed by atoms with Gasteiger partial charge in [-0.05, 0) is 18.4 Å². The zero-order valence-corrected chi connectivity index (χ0v) is 10.9. The molecule has 0 atom stereocenters. The van der Waals surface area contributed by atoms with Crippen LogP contribution in [0.4, 0.5) is 13.2 Å². The molecule has 0 aliphatic rings. The summed E-state index contributed by atoms with van der Waals surface area (Å²) in [4.78, 5) is 0. The van der Waals surface area contributed by atoms with Gasteiger partial charge in [0.15, 0.2) is 0 Å². The zero-order valence-electron chi connectivity index (χ0n) is 10.1. The molecule has 1 N–H and O–H groups in total. The van der Waals surface area contributed by atoms with Crippen molar-refractivity contribution in [2.24, 2.45) is 0 Å². The molecule has 0 saturated heterocycles. The van der Waals surface area contributed by atoms with Crippen LogP contribution < -0.4 is 0 Å². The number of rotatable bonds is 4. The van der Waals surface area contributed by atoms with Gasteiger partial charge in [-0.15, -0.1) is 0 Å². The lowest BCUT2D eigenvalue weighted by Gasteiger charge is -2.05. The number of aromatic amines is 1. The molecule has 0 aliphatic heterocycles. The van der Waals surface area contributed by atoms with Gasteiger partial charge >= 0.3 is 6.18 Å². The van der Waals surface area contributed by atoms with Crippen LogP contribution in [0.15, 0.2) is 36.4 Å². The van der Waals surface area contributed by atoms with Gasteiger partial charge in [-0.2, -0.15) is 13.2 Å². The number of aromatic nitrogens is 2. The summed E-state index contributed by atoms with van der Waals surface area (Å²) in [6.07, 6.45) is -2.84.